The van der Waals surface area contributed by atoms with Gasteiger partial charge in [0.2, 0.25) is 0 Å². The topological polar surface area (TPSA) is 46.9 Å². The van der Waals surface area contributed by atoms with E-state index in [-0.39, 0.29) is 5.69 Å². The van der Waals surface area contributed by atoms with Crippen LogP contribution in [0.4, 0.5) is 0 Å². The summed E-state index contributed by atoms with van der Waals surface area (Å²) in [5, 5.41) is 3.58. The van der Waals surface area contributed by atoms with Gasteiger partial charge in [-0.3, -0.25) is 4.57 Å². The smallest absolute Gasteiger partial charge is 0.314 e. The molecule has 2 rings (SSSR count). The molecule has 1 N–H and O–H groups in total. The third-order valence-electron chi connectivity index (χ3n) is 3.40. The van der Waals surface area contributed by atoms with E-state index < -0.39 is 0 Å². The van der Waals surface area contributed by atoms with E-state index in [0.29, 0.717) is 6.04 Å². The van der Waals surface area contributed by atoms with Gasteiger partial charge in [0.1, 0.15) is 0 Å². The van der Waals surface area contributed by atoms with E-state index in [1.807, 2.05) is 0 Å². The van der Waals surface area contributed by atoms with Crippen molar-refractivity contribution in [1.82, 2.24) is 14.9 Å². The van der Waals surface area contributed by atoms with Crippen molar-refractivity contribution in [2.24, 2.45) is 0 Å². The molecule has 1 saturated carbocycles. The summed E-state index contributed by atoms with van der Waals surface area (Å²) < 4.78 is 1.67. The molecule has 0 aliphatic heterocycles. The van der Waals surface area contributed by atoms with Gasteiger partial charge in [0.05, 0.1) is 0 Å². The Bertz CT molecular complexity index is 382. The number of hydrogen-bond acceptors (Lipinski definition) is 3. The van der Waals surface area contributed by atoms with Crippen LogP contribution in [-0.4, -0.2) is 22.1 Å². The van der Waals surface area contributed by atoms with Crippen LogP contribution in [0.1, 0.15) is 38.5 Å². The predicted octanol–water partition coefficient (Wildman–Crippen LogP) is 1.56. The number of aromatic nitrogens is 2. The maximum atomic E-state index is 11.3. The van der Waals surface area contributed by atoms with Gasteiger partial charge < -0.3 is 5.32 Å². The minimum atomic E-state index is -0.148. The minimum absolute atomic E-state index is 0.148. The quantitative estimate of drug-likeness (QED) is 0.788. The SMILES string of the molecule is O=c1ncccn1CCCNC1CCCCC1. The lowest BCUT2D eigenvalue weighted by Crippen LogP contribution is -2.32. The van der Waals surface area contributed by atoms with Crippen molar-refractivity contribution in [1.29, 1.82) is 0 Å². The van der Waals surface area contributed by atoms with Crippen LogP contribution in [0.2, 0.25) is 0 Å². The second kappa shape index (κ2) is 6.55. The lowest BCUT2D eigenvalue weighted by atomic mass is 9.95. The molecule has 0 bridgehead atoms. The Hall–Kier alpha value is -1.16. The standard InChI is InChI=1S/C13H21N3O/c17-13-15-9-5-11-16(13)10-4-8-14-12-6-2-1-3-7-12/h5,9,11-12,14H,1-4,6-8,10H2. The Balaban J connectivity index is 1.66. The van der Waals surface area contributed by atoms with Crippen molar-refractivity contribution in [3.63, 3.8) is 0 Å². The molecular formula is C13H21N3O. The third kappa shape index (κ3) is 3.97. The van der Waals surface area contributed by atoms with Gasteiger partial charge in [-0.25, -0.2) is 9.78 Å². The third-order valence-corrected chi connectivity index (χ3v) is 3.40. The van der Waals surface area contributed by atoms with E-state index in [9.17, 15) is 4.79 Å². The highest BCUT2D eigenvalue weighted by Crippen LogP contribution is 2.17. The predicted molar refractivity (Wildman–Crippen MR) is 68.0 cm³/mol. The van der Waals surface area contributed by atoms with Crippen LogP contribution in [0.25, 0.3) is 0 Å². The van der Waals surface area contributed by atoms with Gasteiger partial charge in [-0.1, -0.05) is 19.3 Å². The summed E-state index contributed by atoms with van der Waals surface area (Å²) in [6.07, 6.45) is 11.1. The molecular weight excluding hydrogens is 214 g/mol. The molecule has 0 saturated heterocycles. The molecule has 4 nitrogen and oxygen atoms in total. The fourth-order valence-electron chi connectivity index (χ4n) is 2.42. The first-order valence-electron chi connectivity index (χ1n) is 6.61. The van der Waals surface area contributed by atoms with Crippen molar-refractivity contribution < 1.29 is 0 Å². The fourth-order valence-corrected chi connectivity index (χ4v) is 2.42. The summed E-state index contributed by atoms with van der Waals surface area (Å²) in [5.41, 5.74) is -0.148. The average Bonchev–Trinajstić information content (AvgIpc) is 2.38. The highest BCUT2D eigenvalue weighted by molar-refractivity contribution is 4.81. The highest BCUT2D eigenvalue weighted by atomic mass is 16.1. The van der Waals surface area contributed by atoms with Crippen LogP contribution in [0, 0.1) is 0 Å². The summed E-state index contributed by atoms with van der Waals surface area (Å²) in [7, 11) is 0. The molecule has 1 aromatic rings. The van der Waals surface area contributed by atoms with Crippen LogP contribution in [0.5, 0.6) is 0 Å². The van der Waals surface area contributed by atoms with Gasteiger partial charge >= 0.3 is 5.69 Å². The lowest BCUT2D eigenvalue weighted by Gasteiger charge is -2.22. The van der Waals surface area contributed by atoms with Gasteiger partial charge in [0, 0.05) is 25.0 Å². The number of nitrogens with one attached hydrogen (secondary N) is 1. The van der Waals surface area contributed by atoms with Crippen LogP contribution in [0.15, 0.2) is 23.3 Å². The zero-order valence-corrected chi connectivity index (χ0v) is 10.3. The van der Waals surface area contributed by atoms with Gasteiger partial charge in [0.15, 0.2) is 0 Å². The van der Waals surface area contributed by atoms with Gasteiger partial charge in [0.25, 0.3) is 0 Å². The molecule has 0 radical (unpaired) electrons. The first kappa shape index (κ1) is 12.3. The molecule has 1 aliphatic carbocycles. The summed E-state index contributed by atoms with van der Waals surface area (Å²) in [5.74, 6) is 0. The summed E-state index contributed by atoms with van der Waals surface area (Å²) in [4.78, 5) is 15.1. The van der Waals surface area contributed by atoms with E-state index in [2.05, 4.69) is 10.3 Å². The van der Waals surface area contributed by atoms with Crippen LogP contribution in [0.3, 0.4) is 0 Å². The maximum Gasteiger partial charge on any atom is 0.347 e. The van der Waals surface area contributed by atoms with E-state index >= 15 is 0 Å². The lowest BCUT2D eigenvalue weighted by molar-refractivity contribution is 0.368. The van der Waals surface area contributed by atoms with E-state index in [1.54, 1.807) is 23.0 Å². The molecule has 1 aromatic heterocycles. The average molecular weight is 235 g/mol. The monoisotopic (exact) mass is 235 g/mol. The second-order valence-electron chi connectivity index (χ2n) is 4.74. The molecule has 1 aliphatic rings. The Morgan fingerprint density at radius 1 is 1.35 bits per heavy atom. The fraction of sp³-hybridized carbons (Fsp3) is 0.692. The summed E-state index contributed by atoms with van der Waals surface area (Å²) in [6.45, 7) is 1.75. The summed E-state index contributed by atoms with van der Waals surface area (Å²) in [6, 6.07) is 2.50. The second-order valence-corrected chi connectivity index (χ2v) is 4.74. The molecule has 0 amide bonds. The first-order valence-corrected chi connectivity index (χ1v) is 6.61. The largest absolute Gasteiger partial charge is 0.347 e. The molecule has 94 valence electrons. The van der Waals surface area contributed by atoms with Crippen LogP contribution in [-0.2, 0) is 6.54 Å². The van der Waals surface area contributed by atoms with Gasteiger partial charge in [-0.2, -0.15) is 0 Å². The van der Waals surface area contributed by atoms with E-state index in [1.165, 1.54) is 32.1 Å². The van der Waals surface area contributed by atoms with Crippen molar-refractivity contribution in [3.8, 4) is 0 Å². The zero-order chi connectivity index (χ0) is 11.9. The molecule has 0 aromatic carbocycles. The number of nitrogens with zero attached hydrogens (tertiary/aromatic N) is 2. The Morgan fingerprint density at radius 3 is 2.94 bits per heavy atom. The first-order chi connectivity index (χ1) is 8.36. The molecule has 1 heterocycles. The zero-order valence-electron chi connectivity index (χ0n) is 10.3. The number of aryl methyl sites for hydroxylation is 1. The van der Waals surface area contributed by atoms with Crippen molar-refractivity contribution in [3.05, 3.63) is 28.9 Å². The van der Waals surface area contributed by atoms with Crippen molar-refractivity contribution in [2.45, 2.75) is 51.1 Å². The molecule has 0 atom stereocenters. The maximum absolute atomic E-state index is 11.3. The molecule has 0 unspecified atom stereocenters. The van der Waals surface area contributed by atoms with E-state index in [4.69, 9.17) is 0 Å². The number of rotatable bonds is 5. The molecule has 1 fully saturated rings. The Kier molecular flexibility index (Phi) is 4.74. The van der Waals surface area contributed by atoms with Crippen LogP contribution >= 0.6 is 0 Å². The van der Waals surface area contributed by atoms with Crippen LogP contribution < -0.4 is 11.0 Å². The van der Waals surface area contributed by atoms with Gasteiger partial charge in [-0.15, -0.1) is 0 Å². The molecule has 0 spiro atoms. The van der Waals surface area contributed by atoms with Crippen molar-refractivity contribution >= 4 is 0 Å². The summed E-state index contributed by atoms with van der Waals surface area (Å²) >= 11 is 0. The normalized spacial score (nSPS) is 17.2. The minimum Gasteiger partial charge on any atom is -0.314 e. The van der Waals surface area contributed by atoms with E-state index in [0.717, 1.165) is 19.5 Å². The highest BCUT2D eigenvalue weighted by Gasteiger charge is 2.11. The Labute approximate surface area is 102 Å². The number of hydrogen-bond donors (Lipinski definition) is 1. The van der Waals surface area contributed by atoms with Crippen molar-refractivity contribution in [2.75, 3.05) is 6.54 Å². The molecule has 17 heavy (non-hydrogen) atoms. The molecule has 4 heteroatoms. The Morgan fingerprint density at radius 2 is 2.18 bits per heavy atom. The van der Waals surface area contributed by atoms with Gasteiger partial charge in [-0.05, 0) is 31.9 Å².